The third kappa shape index (κ3) is 4.10. The predicted octanol–water partition coefficient (Wildman–Crippen LogP) is 5.36. The molecule has 1 heterocycles. The number of rotatable bonds is 6. The van der Waals surface area contributed by atoms with Crippen molar-refractivity contribution in [2.45, 2.75) is 83.1 Å². The first-order valence-corrected chi connectivity index (χ1v) is 16.3. The summed E-state index contributed by atoms with van der Waals surface area (Å²) >= 11 is 0.479. The van der Waals surface area contributed by atoms with Crippen LogP contribution in [0.3, 0.4) is 0 Å². The molecule has 8 nitrogen and oxygen atoms in total. The van der Waals surface area contributed by atoms with E-state index in [9.17, 15) is 23.9 Å². The molecule has 7 atom stereocenters. The number of benzene rings is 1. The fraction of sp³-hybridized carbons (Fsp3) is 0.576. The van der Waals surface area contributed by atoms with E-state index in [0.29, 0.717) is 48.7 Å². The predicted molar refractivity (Wildman–Crippen MR) is 162 cm³/mol. The van der Waals surface area contributed by atoms with Gasteiger partial charge in [0, 0.05) is 35.8 Å². The summed E-state index contributed by atoms with van der Waals surface area (Å²) in [5, 5.41) is 18.5. The van der Waals surface area contributed by atoms with Gasteiger partial charge in [-0.2, -0.15) is 5.10 Å². The first kappa shape index (κ1) is 31.0. The molecule has 1 aromatic heterocycles. The number of aliphatic hydroxyl groups is 1. The molecule has 236 valence electrons. The average Bonchev–Trinajstić information content (AvgIpc) is 3.54. The number of nitrogens with one attached hydrogen (secondary N) is 1. The SMILES string of the molecule is CCC(=O)O[C@]1(C(=O)SCF)CC[C@H]2[C@@H]3CCC4=Cc5c(cnn5-c5cccc(C(=O)NC)c5)C[C@]4(C)[C@@]3(F)[C@@H](O)C[C@@]21C. The van der Waals surface area contributed by atoms with Crippen molar-refractivity contribution in [3.8, 4) is 5.69 Å². The normalized spacial score (nSPS) is 35.4. The molecular weight excluding hydrogens is 588 g/mol. The van der Waals surface area contributed by atoms with Crippen molar-refractivity contribution in [2.24, 2.45) is 22.7 Å². The number of aromatic nitrogens is 2. The highest BCUT2D eigenvalue weighted by Gasteiger charge is 2.76. The van der Waals surface area contributed by atoms with Gasteiger partial charge in [0.2, 0.25) is 5.12 Å². The minimum Gasteiger partial charge on any atom is -0.449 e. The molecule has 6 rings (SSSR count). The standard InChI is InChI=1S/C33H39F2N3O5S/c1-5-27(40)43-32(29(42)44-18-34)12-11-23-24-10-9-21-14-25-20(15-30(21,2)33(24,35)26(39)16-31(23,32)3)17-37-38(25)22-8-6-7-19(13-22)28(41)36-4/h6-8,13-14,17,23-24,26,39H,5,9-12,15-16,18H2,1-4H3,(H,36,41)/t23-,24-,26-,30-,31-,32-,33-/m0/s1. The van der Waals surface area contributed by atoms with E-state index in [4.69, 9.17) is 4.74 Å². The van der Waals surface area contributed by atoms with Crippen LogP contribution in [0.4, 0.5) is 8.78 Å². The largest absolute Gasteiger partial charge is 0.449 e. The number of carbonyl (C=O) groups excluding carboxylic acids is 3. The van der Waals surface area contributed by atoms with Crippen LogP contribution >= 0.6 is 11.8 Å². The summed E-state index contributed by atoms with van der Waals surface area (Å²) in [5.41, 5.74) is -1.95. The maximum Gasteiger partial charge on any atom is 0.306 e. The maximum atomic E-state index is 18.1. The summed E-state index contributed by atoms with van der Waals surface area (Å²) in [7, 11) is 1.58. The van der Waals surface area contributed by atoms with Gasteiger partial charge >= 0.3 is 5.97 Å². The molecule has 2 N–H and O–H groups in total. The van der Waals surface area contributed by atoms with Crippen molar-refractivity contribution < 1.29 is 33.0 Å². The topological polar surface area (TPSA) is 111 Å². The number of thioether (sulfide) groups is 1. The van der Waals surface area contributed by atoms with Crippen LogP contribution in [0, 0.1) is 22.7 Å². The van der Waals surface area contributed by atoms with Crippen LogP contribution in [0.15, 0.2) is 36.0 Å². The second-order valence-corrected chi connectivity index (χ2v) is 14.0. The van der Waals surface area contributed by atoms with Gasteiger partial charge in [0.25, 0.3) is 5.91 Å². The Labute approximate surface area is 260 Å². The molecule has 3 fully saturated rings. The molecule has 0 unspecified atom stereocenters. The van der Waals surface area contributed by atoms with E-state index >= 15 is 4.39 Å². The van der Waals surface area contributed by atoms with E-state index in [1.54, 1.807) is 43.0 Å². The van der Waals surface area contributed by atoms with Crippen molar-refractivity contribution in [3.63, 3.8) is 0 Å². The summed E-state index contributed by atoms with van der Waals surface area (Å²) in [6.07, 6.45) is 4.22. The molecule has 4 aliphatic carbocycles. The molecule has 0 saturated heterocycles. The zero-order valence-electron chi connectivity index (χ0n) is 25.5. The maximum absolute atomic E-state index is 18.1. The van der Waals surface area contributed by atoms with Crippen LogP contribution in [0.1, 0.15) is 80.9 Å². The minimum absolute atomic E-state index is 0.0490. The number of esters is 1. The Morgan fingerprint density at radius 2 is 2.00 bits per heavy atom. The Kier molecular flexibility index (Phi) is 7.59. The fourth-order valence-electron chi connectivity index (χ4n) is 9.15. The highest BCUT2D eigenvalue weighted by Crippen LogP contribution is 2.71. The molecule has 0 spiro atoms. The van der Waals surface area contributed by atoms with Crippen LogP contribution in [-0.2, 0) is 20.7 Å². The smallest absolute Gasteiger partial charge is 0.306 e. The van der Waals surface area contributed by atoms with Gasteiger partial charge in [-0.25, -0.2) is 13.5 Å². The van der Waals surface area contributed by atoms with Crippen molar-refractivity contribution in [3.05, 3.63) is 52.9 Å². The molecular formula is C33H39F2N3O5S. The Balaban J connectivity index is 1.38. The zero-order valence-corrected chi connectivity index (χ0v) is 26.3. The zero-order chi connectivity index (χ0) is 31.7. The number of hydrogen-bond donors (Lipinski definition) is 2. The van der Waals surface area contributed by atoms with E-state index in [1.807, 2.05) is 26.0 Å². The van der Waals surface area contributed by atoms with Crippen LogP contribution in [0.2, 0.25) is 0 Å². The number of ether oxygens (including phenoxy) is 1. The summed E-state index contributed by atoms with van der Waals surface area (Å²) in [6, 6.07) is 6.19. The molecule has 3 saturated carbocycles. The number of alkyl halides is 2. The van der Waals surface area contributed by atoms with Gasteiger partial charge in [-0.3, -0.25) is 14.4 Å². The average molecular weight is 628 g/mol. The highest BCUT2D eigenvalue weighted by atomic mass is 32.2. The summed E-state index contributed by atoms with van der Waals surface area (Å²) < 4.78 is 39.2. The molecule has 0 aliphatic heterocycles. The van der Waals surface area contributed by atoms with E-state index in [0.717, 1.165) is 16.8 Å². The summed E-state index contributed by atoms with van der Waals surface area (Å²) in [5.74, 6) is -1.71. The van der Waals surface area contributed by atoms with Gasteiger partial charge in [-0.05, 0) is 86.0 Å². The molecule has 1 amide bonds. The van der Waals surface area contributed by atoms with E-state index in [2.05, 4.69) is 10.4 Å². The van der Waals surface area contributed by atoms with Gasteiger partial charge in [0.05, 0.1) is 23.7 Å². The Morgan fingerprint density at radius 1 is 1.23 bits per heavy atom. The first-order valence-electron chi connectivity index (χ1n) is 15.3. The molecule has 44 heavy (non-hydrogen) atoms. The van der Waals surface area contributed by atoms with Crippen molar-refractivity contribution in [1.29, 1.82) is 0 Å². The summed E-state index contributed by atoms with van der Waals surface area (Å²) in [6.45, 7) is 5.33. The highest BCUT2D eigenvalue weighted by molar-refractivity contribution is 8.13. The molecule has 0 bridgehead atoms. The van der Waals surface area contributed by atoms with E-state index < -0.39 is 51.2 Å². The number of allylic oxidation sites excluding steroid dienone is 1. The molecule has 4 aliphatic rings. The number of hydrogen-bond acceptors (Lipinski definition) is 7. The number of nitrogens with zero attached hydrogens (tertiary/aromatic N) is 2. The second-order valence-electron chi connectivity index (χ2n) is 13.2. The lowest BCUT2D eigenvalue weighted by Gasteiger charge is -2.63. The van der Waals surface area contributed by atoms with Crippen molar-refractivity contribution >= 4 is 34.8 Å². The number of aliphatic hydroxyl groups excluding tert-OH is 1. The molecule has 1 aromatic carbocycles. The number of amides is 1. The van der Waals surface area contributed by atoms with Gasteiger partial charge in [0.1, 0.15) is 11.7 Å². The first-order chi connectivity index (χ1) is 20.9. The minimum atomic E-state index is -2.01. The van der Waals surface area contributed by atoms with Gasteiger partial charge in [0.15, 0.2) is 5.60 Å². The Morgan fingerprint density at radius 3 is 2.70 bits per heavy atom. The number of fused-ring (bicyclic) bond motifs is 6. The fourth-order valence-corrected chi connectivity index (χ4v) is 9.86. The van der Waals surface area contributed by atoms with Crippen molar-refractivity contribution in [1.82, 2.24) is 15.1 Å². The lowest BCUT2D eigenvalue weighted by Crippen LogP contribution is -2.70. The van der Waals surface area contributed by atoms with Gasteiger partial charge < -0.3 is 15.2 Å². The summed E-state index contributed by atoms with van der Waals surface area (Å²) in [4.78, 5) is 38.3. The lowest BCUT2D eigenvalue weighted by molar-refractivity contribution is -0.228. The number of halogens is 2. The number of carbonyl (C=O) groups is 3. The lowest BCUT2D eigenvalue weighted by atomic mass is 9.44. The van der Waals surface area contributed by atoms with Crippen LogP contribution in [0.25, 0.3) is 11.8 Å². The van der Waals surface area contributed by atoms with Crippen molar-refractivity contribution in [2.75, 3.05) is 13.1 Å². The van der Waals surface area contributed by atoms with Gasteiger partial charge in [-0.1, -0.05) is 32.4 Å². The van der Waals surface area contributed by atoms with Crippen LogP contribution < -0.4 is 5.32 Å². The van der Waals surface area contributed by atoms with Gasteiger partial charge in [-0.15, -0.1) is 0 Å². The molecule has 0 radical (unpaired) electrons. The third-order valence-corrected chi connectivity index (χ3v) is 12.1. The Bertz CT molecular complexity index is 1560. The van der Waals surface area contributed by atoms with Crippen LogP contribution in [-0.4, -0.2) is 62.3 Å². The van der Waals surface area contributed by atoms with Crippen LogP contribution in [0.5, 0.6) is 0 Å². The molecule has 11 heteroatoms. The third-order valence-electron chi connectivity index (χ3n) is 11.4. The monoisotopic (exact) mass is 627 g/mol. The molecule has 2 aromatic rings. The Hall–Kier alpha value is -3.05. The van der Waals surface area contributed by atoms with E-state index in [1.165, 1.54) is 0 Å². The van der Waals surface area contributed by atoms with E-state index in [-0.39, 0.29) is 31.1 Å². The second kappa shape index (κ2) is 10.8. The quantitative estimate of drug-likeness (QED) is 0.415.